The van der Waals surface area contributed by atoms with Crippen molar-refractivity contribution in [2.75, 3.05) is 6.54 Å². The van der Waals surface area contributed by atoms with Crippen LogP contribution in [0.2, 0.25) is 0 Å². The summed E-state index contributed by atoms with van der Waals surface area (Å²) in [6.45, 7) is 11.7. The summed E-state index contributed by atoms with van der Waals surface area (Å²) >= 11 is 0. The summed E-state index contributed by atoms with van der Waals surface area (Å²) in [5, 5.41) is 8.76. The zero-order valence-corrected chi connectivity index (χ0v) is 29.2. The monoisotopic (exact) mass is 652 g/mol. The number of benzene rings is 1. The Labute approximate surface area is 280 Å². The van der Waals surface area contributed by atoms with Gasteiger partial charge in [0, 0.05) is 6.54 Å². The Morgan fingerprint density at radius 1 is 0.894 bits per heavy atom. The van der Waals surface area contributed by atoms with Gasteiger partial charge in [0.1, 0.15) is 24.7 Å². The fourth-order valence-electron chi connectivity index (χ4n) is 6.91. The van der Waals surface area contributed by atoms with Crippen molar-refractivity contribution < 1.29 is 28.7 Å². The van der Waals surface area contributed by atoms with Crippen molar-refractivity contribution in [2.45, 2.75) is 130 Å². The van der Waals surface area contributed by atoms with E-state index in [-0.39, 0.29) is 42.0 Å². The molecule has 3 fully saturated rings. The molecule has 1 aromatic carbocycles. The van der Waals surface area contributed by atoms with Crippen molar-refractivity contribution in [3.8, 4) is 0 Å². The Hall–Kier alpha value is -3.43. The van der Waals surface area contributed by atoms with Crippen LogP contribution in [-0.2, 0) is 30.5 Å². The van der Waals surface area contributed by atoms with Gasteiger partial charge in [-0.15, -0.1) is 0 Å². The first-order chi connectivity index (χ1) is 22.2. The van der Waals surface area contributed by atoms with Gasteiger partial charge in [-0.2, -0.15) is 0 Å². The Morgan fingerprint density at radius 2 is 1.55 bits per heavy atom. The number of rotatable bonds is 13. The lowest BCUT2D eigenvalue weighted by molar-refractivity contribution is -0.150. The topological polar surface area (TPSA) is 134 Å². The van der Waals surface area contributed by atoms with Crippen LogP contribution < -0.4 is 16.0 Å². The number of urea groups is 1. The predicted octanol–water partition coefficient (Wildman–Crippen LogP) is 5.14. The summed E-state index contributed by atoms with van der Waals surface area (Å²) in [7, 11) is 0. The molecule has 4 amide bonds. The van der Waals surface area contributed by atoms with E-state index < -0.39 is 41.6 Å². The van der Waals surface area contributed by atoms with E-state index in [0.717, 1.165) is 50.5 Å². The largest absolute Gasteiger partial charge is 0.459 e. The van der Waals surface area contributed by atoms with Crippen LogP contribution in [0.15, 0.2) is 30.3 Å². The van der Waals surface area contributed by atoms with E-state index in [4.69, 9.17) is 4.74 Å². The Balaban J connectivity index is 1.51. The minimum atomic E-state index is -0.959. The third kappa shape index (κ3) is 10.3. The van der Waals surface area contributed by atoms with Crippen LogP contribution in [-0.4, -0.2) is 65.2 Å². The molecule has 0 aromatic heterocycles. The zero-order valence-electron chi connectivity index (χ0n) is 29.2. The van der Waals surface area contributed by atoms with Gasteiger partial charge in [0.25, 0.3) is 0 Å². The number of Topliss-reactive ketones (excluding diaryl/α,β-unsaturated/α-hetero) is 1. The third-order valence-corrected chi connectivity index (χ3v) is 10.2. The molecule has 4 rings (SSSR count). The molecule has 2 aliphatic carbocycles. The van der Waals surface area contributed by atoms with E-state index in [0.29, 0.717) is 25.3 Å². The van der Waals surface area contributed by atoms with Gasteiger partial charge in [-0.05, 0) is 67.3 Å². The summed E-state index contributed by atoms with van der Waals surface area (Å²) < 4.78 is 5.59. The fraction of sp³-hybridized carbons (Fsp3) is 0.703. The second kappa shape index (κ2) is 16.1. The Kier molecular flexibility index (Phi) is 12.5. The molecule has 10 heteroatoms. The van der Waals surface area contributed by atoms with Gasteiger partial charge in [-0.1, -0.05) is 97.1 Å². The molecular formula is C37H56N4O6. The standard InChI is InChI=1S/C37H56N4O6/c1-23(2)28-20-30(33(43)38-29(24(3)42)19-25-17-18-25)41(21-28)34(44)31(27-15-11-8-12-16-27)39-36(46)40-32(37(4,5)6)35(45)47-22-26-13-9-7-10-14-26/h7,9-10,13-14,23,25,27-32H,8,11-12,15-22H2,1-6H3,(H,38,43)(H2,39,40,46)/t28-,29?,30?,31?,32?/m1/s1. The summed E-state index contributed by atoms with van der Waals surface area (Å²) in [4.78, 5) is 69.2. The van der Waals surface area contributed by atoms with Gasteiger partial charge in [0.05, 0.1) is 6.04 Å². The first-order valence-corrected chi connectivity index (χ1v) is 17.6. The average molecular weight is 653 g/mol. The highest BCUT2D eigenvalue weighted by molar-refractivity contribution is 5.95. The highest BCUT2D eigenvalue weighted by Crippen LogP contribution is 2.35. The molecule has 0 radical (unpaired) electrons. The van der Waals surface area contributed by atoms with Crippen LogP contribution in [0.3, 0.4) is 0 Å². The SMILES string of the molecule is CC(=O)C(CC1CC1)NC(=O)C1C[C@@H](C(C)C)CN1C(=O)C(NC(=O)NC(C(=O)OCc1ccccc1)C(C)(C)C)C1CCCCC1. The molecule has 3 N–H and O–H groups in total. The van der Waals surface area contributed by atoms with Gasteiger partial charge < -0.3 is 25.6 Å². The van der Waals surface area contributed by atoms with E-state index in [2.05, 4.69) is 29.8 Å². The van der Waals surface area contributed by atoms with Gasteiger partial charge in [-0.25, -0.2) is 9.59 Å². The van der Waals surface area contributed by atoms with E-state index in [1.165, 1.54) is 6.92 Å². The molecular weight excluding hydrogens is 596 g/mol. The molecule has 2 saturated carbocycles. The van der Waals surface area contributed by atoms with Gasteiger partial charge in [-0.3, -0.25) is 14.4 Å². The lowest BCUT2D eigenvalue weighted by Gasteiger charge is -2.36. The maximum Gasteiger partial charge on any atom is 0.329 e. The molecule has 4 unspecified atom stereocenters. The van der Waals surface area contributed by atoms with Crippen LogP contribution >= 0.6 is 0 Å². The number of ketones is 1. The number of ether oxygens (including phenoxy) is 1. The second-order valence-corrected chi connectivity index (χ2v) is 15.5. The molecule has 0 spiro atoms. The van der Waals surface area contributed by atoms with Crippen molar-refractivity contribution in [2.24, 2.45) is 29.1 Å². The second-order valence-electron chi connectivity index (χ2n) is 15.5. The van der Waals surface area contributed by atoms with E-state index in [1.54, 1.807) is 4.90 Å². The van der Waals surface area contributed by atoms with Crippen LogP contribution in [0.4, 0.5) is 4.79 Å². The lowest BCUT2D eigenvalue weighted by Crippen LogP contribution is -2.60. The smallest absolute Gasteiger partial charge is 0.329 e. The van der Waals surface area contributed by atoms with Crippen molar-refractivity contribution in [3.05, 3.63) is 35.9 Å². The van der Waals surface area contributed by atoms with Crippen molar-refractivity contribution in [1.82, 2.24) is 20.9 Å². The number of hydrogen-bond acceptors (Lipinski definition) is 6. The zero-order chi connectivity index (χ0) is 34.3. The summed E-state index contributed by atoms with van der Waals surface area (Å²) in [5.74, 6) is -0.493. The predicted molar refractivity (Wildman–Crippen MR) is 180 cm³/mol. The third-order valence-electron chi connectivity index (χ3n) is 10.2. The molecule has 1 aromatic rings. The highest BCUT2D eigenvalue weighted by atomic mass is 16.5. The maximum absolute atomic E-state index is 14.5. The number of carbonyl (C=O) groups is 5. The molecule has 1 heterocycles. The number of nitrogens with zero attached hydrogens (tertiary/aromatic N) is 1. The Morgan fingerprint density at radius 3 is 2.13 bits per heavy atom. The first-order valence-electron chi connectivity index (χ1n) is 17.6. The van der Waals surface area contributed by atoms with Gasteiger partial charge in [0.15, 0.2) is 5.78 Å². The number of amides is 4. The fourth-order valence-corrected chi connectivity index (χ4v) is 6.91. The van der Waals surface area contributed by atoms with E-state index in [9.17, 15) is 24.0 Å². The molecule has 5 atom stereocenters. The molecule has 10 nitrogen and oxygen atoms in total. The minimum Gasteiger partial charge on any atom is -0.459 e. The van der Waals surface area contributed by atoms with Crippen molar-refractivity contribution >= 4 is 29.6 Å². The quantitative estimate of drug-likeness (QED) is 0.253. The molecule has 1 aliphatic heterocycles. The normalized spacial score (nSPS) is 22.2. The maximum atomic E-state index is 14.5. The number of likely N-dealkylation sites (tertiary alicyclic amines) is 1. The van der Waals surface area contributed by atoms with Crippen LogP contribution in [0, 0.1) is 29.1 Å². The van der Waals surface area contributed by atoms with E-state index in [1.807, 2.05) is 51.1 Å². The van der Waals surface area contributed by atoms with Gasteiger partial charge in [0.2, 0.25) is 11.8 Å². The highest BCUT2D eigenvalue weighted by Gasteiger charge is 2.46. The number of esters is 1. The number of nitrogens with one attached hydrogen (secondary N) is 3. The number of carbonyl (C=O) groups excluding carboxylic acids is 5. The average Bonchev–Trinajstić information content (AvgIpc) is 3.74. The summed E-state index contributed by atoms with van der Waals surface area (Å²) in [6.07, 6.45) is 7.82. The molecule has 3 aliphatic rings. The minimum absolute atomic E-state index is 0.0735. The van der Waals surface area contributed by atoms with Gasteiger partial charge >= 0.3 is 12.0 Å². The van der Waals surface area contributed by atoms with Crippen LogP contribution in [0.1, 0.15) is 105 Å². The van der Waals surface area contributed by atoms with Crippen LogP contribution in [0.25, 0.3) is 0 Å². The lowest BCUT2D eigenvalue weighted by atomic mass is 9.83. The molecule has 260 valence electrons. The summed E-state index contributed by atoms with van der Waals surface area (Å²) in [6, 6.07) is 5.64. The van der Waals surface area contributed by atoms with Crippen molar-refractivity contribution in [3.63, 3.8) is 0 Å². The Bertz CT molecular complexity index is 1250. The summed E-state index contributed by atoms with van der Waals surface area (Å²) in [5.41, 5.74) is 0.179. The molecule has 1 saturated heterocycles. The number of hydrogen-bond donors (Lipinski definition) is 3. The van der Waals surface area contributed by atoms with E-state index >= 15 is 0 Å². The molecule has 47 heavy (non-hydrogen) atoms. The van der Waals surface area contributed by atoms with Crippen molar-refractivity contribution in [1.29, 1.82) is 0 Å². The van der Waals surface area contributed by atoms with Crippen LogP contribution in [0.5, 0.6) is 0 Å². The first kappa shape index (κ1) is 36.4. The molecule has 0 bridgehead atoms.